The number of carbonyl (C=O) groups excluding carboxylic acids is 1. The zero-order valence-corrected chi connectivity index (χ0v) is 10.9. The van der Waals surface area contributed by atoms with Gasteiger partial charge >= 0.3 is 0 Å². The number of thiazole rings is 1. The third-order valence-electron chi connectivity index (χ3n) is 2.88. The maximum Gasteiger partial charge on any atom is 0.241 e. The molecule has 1 fully saturated rings. The van der Waals surface area contributed by atoms with Crippen LogP contribution in [0.4, 0.5) is 5.13 Å². The van der Waals surface area contributed by atoms with Crippen LogP contribution in [0.3, 0.4) is 0 Å². The standard InChI is InChI=1S/C11H17N3O2S/c1-8(15)9-7-17-11(12-9)14-5-3-4-13(2)10(16)6-14/h7-8,15H,3-6H2,1-2H3. The Morgan fingerprint density at radius 2 is 2.29 bits per heavy atom. The molecule has 6 heteroatoms. The van der Waals surface area contributed by atoms with Crippen molar-refractivity contribution in [2.45, 2.75) is 19.4 Å². The fourth-order valence-electron chi connectivity index (χ4n) is 1.76. The highest BCUT2D eigenvalue weighted by atomic mass is 32.1. The van der Waals surface area contributed by atoms with Gasteiger partial charge in [-0.2, -0.15) is 0 Å². The maximum absolute atomic E-state index is 11.8. The Kier molecular flexibility index (Phi) is 3.63. The first-order valence-corrected chi connectivity index (χ1v) is 6.58. The van der Waals surface area contributed by atoms with Gasteiger partial charge in [0, 0.05) is 25.5 Å². The second-order valence-corrected chi connectivity index (χ2v) is 5.16. The van der Waals surface area contributed by atoms with Crippen molar-refractivity contribution < 1.29 is 9.90 Å². The molecule has 1 saturated heterocycles. The van der Waals surface area contributed by atoms with Gasteiger partial charge in [0.2, 0.25) is 5.91 Å². The molecule has 0 spiro atoms. The van der Waals surface area contributed by atoms with Gasteiger partial charge in [-0.05, 0) is 13.3 Å². The van der Waals surface area contributed by atoms with Gasteiger partial charge < -0.3 is 14.9 Å². The van der Waals surface area contributed by atoms with Crippen molar-refractivity contribution in [1.82, 2.24) is 9.88 Å². The molecular weight excluding hydrogens is 238 g/mol. The monoisotopic (exact) mass is 255 g/mol. The molecule has 0 aromatic carbocycles. The van der Waals surface area contributed by atoms with Gasteiger partial charge in [0.25, 0.3) is 0 Å². The van der Waals surface area contributed by atoms with E-state index in [-0.39, 0.29) is 5.91 Å². The average Bonchev–Trinajstić information content (AvgIpc) is 2.70. The Hall–Kier alpha value is -1.14. The molecule has 17 heavy (non-hydrogen) atoms. The van der Waals surface area contributed by atoms with Gasteiger partial charge in [-0.1, -0.05) is 0 Å². The number of amides is 1. The van der Waals surface area contributed by atoms with Crippen LogP contribution in [-0.4, -0.2) is 47.6 Å². The number of rotatable bonds is 2. The smallest absolute Gasteiger partial charge is 0.241 e. The van der Waals surface area contributed by atoms with E-state index in [1.165, 1.54) is 11.3 Å². The first kappa shape index (κ1) is 12.3. The van der Waals surface area contributed by atoms with Gasteiger partial charge in [-0.15, -0.1) is 11.3 Å². The van der Waals surface area contributed by atoms with Gasteiger partial charge in [0.1, 0.15) is 0 Å². The van der Waals surface area contributed by atoms with Gasteiger partial charge in [-0.25, -0.2) is 4.98 Å². The van der Waals surface area contributed by atoms with E-state index in [2.05, 4.69) is 4.98 Å². The van der Waals surface area contributed by atoms with Crippen LogP contribution in [0.5, 0.6) is 0 Å². The van der Waals surface area contributed by atoms with Crippen LogP contribution in [0.1, 0.15) is 25.1 Å². The van der Waals surface area contributed by atoms with Crippen molar-refractivity contribution in [3.8, 4) is 0 Å². The summed E-state index contributed by atoms with van der Waals surface area (Å²) in [6.45, 7) is 3.70. The minimum absolute atomic E-state index is 0.122. The number of aliphatic hydroxyl groups is 1. The molecule has 0 bridgehead atoms. The lowest BCUT2D eigenvalue weighted by Gasteiger charge is -2.18. The first-order valence-electron chi connectivity index (χ1n) is 5.70. The highest BCUT2D eigenvalue weighted by molar-refractivity contribution is 7.13. The molecule has 1 amide bonds. The highest BCUT2D eigenvalue weighted by Gasteiger charge is 2.21. The van der Waals surface area contributed by atoms with Crippen molar-refractivity contribution in [3.63, 3.8) is 0 Å². The Bertz CT molecular complexity index is 405. The normalized spacial score (nSPS) is 19.4. The molecule has 94 valence electrons. The Labute approximate surface area is 105 Å². The number of aromatic nitrogens is 1. The molecule has 1 aromatic rings. The SMILES string of the molecule is CC(O)c1csc(N2CCCN(C)C(=O)C2)n1. The van der Waals surface area contributed by atoms with E-state index in [9.17, 15) is 9.90 Å². The fourth-order valence-corrected chi connectivity index (χ4v) is 2.70. The Morgan fingerprint density at radius 3 is 2.94 bits per heavy atom. The second kappa shape index (κ2) is 5.01. The number of anilines is 1. The van der Waals surface area contributed by atoms with E-state index in [0.717, 1.165) is 24.6 Å². The molecule has 1 aromatic heterocycles. The topological polar surface area (TPSA) is 56.7 Å². The molecule has 0 saturated carbocycles. The molecule has 2 heterocycles. The number of hydrogen-bond acceptors (Lipinski definition) is 5. The minimum atomic E-state index is -0.551. The van der Waals surface area contributed by atoms with E-state index < -0.39 is 6.10 Å². The number of aliphatic hydroxyl groups excluding tert-OH is 1. The van der Waals surface area contributed by atoms with E-state index in [1.807, 2.05) is 17.3 Å². The third-order valence-corrected chi connectivity index (χ3v) is 3.80. The van der Waals surface area contributed by atoms with Gasteiger partial charge in [-0.3, -0.25) is 4.79 Å². The van der Waals surface area contributed by atoms with Crippen LogP contribution in [0.25, 0.3) is 0 Å². The van der Waals surface area contributed by atoms with Crippen molar-refractivity contribution in [3.05, 3.63) is 11.1 Å². The molecule has 1 aliphatic heterocycles. The minimum Gasteiger partial charge on any atom is -0.387 e. The molecule has 1 atom stereocenters. The average molecular weight is 255 g/mol. The summed E-state index contributed by atoms with van der Waals surface area (Å²) >= 11 is 1.48. The predicted molar refractivity (Wildman–Crippen MR) is 67.2 cm³/mol. The Morgan fingerprint density at radius 1 is 1.53 bits per heavy atom. The molecule has 2 rings (SSSR count). The fraction of sp³-hybridized carbons (Fsp3) is 0.636. The van der Waals surface area contributed by atoms with E-state index in [4.69, 9.17) is 0 Å². The second-order valence-electron chi connectivity index (χ2n) is 4.32. The first-order chi connectivity index (χ1) is 8.08. The van der Waals surface area contributed by atoms with Crippen molar-refractivity contribution in [1.29, 1.82) is 0 Å². The lowest BCUT2D eigenvalue weighted by molar-refractivity contribution is -0.127. The van der Waals surface area contributed by atoms with Gasteiger partial charge in [0.15, 0.2) is 5.13 Å². The van der Waals surface area contributed by atoms with Crippen LogP contribution >= 0.6 is 11.3 Å². The molecule has 0 radical (unpaired) electrons. The molecule has 1 N–H and O–H groups in total. The molecule has 0 aliphatic carbocycles. The summed E-state index contributed by atoms with van der Waals surface area (Å²) in [6, 6.07) is 0. The van der Waals surface area contributed by atoms with Crippen LogP contribution in [-0.2, 0) is 4.79 Å². The lowest BCUT2D eigenvalue weighted by Crippen LogP contribution is -2.34. The zero-order valence-electron chi connectivity index (χ0n) is 10.1. The quantitative estimate of drug-likeness (QED) is 0.852. The molecule has 1 aliphatic rings. The largest absolute Gasteiger partial charge is 0.387 e. The lowest BCUT2D eigenvalue weighted by atomic mass is 10.3. The number of nitrogens with zero attached hydrogens (tertiary/aromatic N) is 3. The number of carbonyl (C=O) groups is 1. The summed E-state index contributed by atoms with van der Waals surface area (Å²) in [5.41, 5.74) is 0.676. The summed E-state index contributed by atoms with van der Waals surface area (Å²) in [6.07, 6.45) is 0.400. The Balaban J connectivity index is 2.12. The van der Waals surface area contributed by atoms with E-state index >= 15 is 0 Å². The maximum atomic E-state index is 11.8. The summed E-state index contributed by atoms with van der Waals surface area (Å²) in [5, 5.41) is 12.1. The summed E-state index contributed by atoms with van der Waals surface area (Å²) in [7, 11) is 1.83. The van der Waals surface area contributed by atoms with Gasteiger partial charge in [0.05, 0.1) is 18.3 Å². The summed E-state index contributed by atoms with van der Waals surface area (Å²) in [5.74, 6) is 0.122. The van der Waals surface area contributed by atoms with Crippen LogP contribution in [0.15, 0.2) is 5.38 Å². The summed E-state index contributed by atoms with van der Waals surface area (Å²) in [4.78, 5) is 19.9. The van der Waals surface area contributed by atoms with E-state index in [0.29, 0.717) is 12.2 Å². The third kappa shape index (κ3) is 2.76. The van der Waals surface area contributed by atoms with Crippen molar-refractivity contribution in [2.24, 2.45) is 0 Å². The molecule has 5 nitrogen and oxygen atoms in total. The molecular formula is C11H17N3O2S. The highest BCUT2D eigenvalue weighted by Crippen LogP contribution is 2.24. The zero-order chi connectivity index (χ0) is 12.4. The van der Waals surface area contributed by atoms with E-state index in [1.54, 1.807) is 11.8 Å². The van der Waals surface area contributed by atoms with Crippen LogP contribution < -0.4 is 4.90 Å². The van der Waals surface area contributed by atoms with Crippen molar-refractivity contribution >= 4 is 22.4 Å². The van der Waals surface area contributed by atoms with Crippen LogP contribution in [0, 0.1) is 0 Å². The number of likely N-dealkylation sites (N-methyl/N-ethyl adjacent to an activating group) is 1. The molecule has 1 unspecified atom stereocenters. The van der Waals surface area contributed by atoms with Crippen molar-refractivity contribution in [2.75, 3.05) is 31.6 Å². The van der Waals surface area contributed by atoms with Crippen LogP contribution in [0.2, 0.25) is 0 Å². The summed E-state index contributed by atoms with van der Waals surface area (Å²) < 4.78 is 0. The predicted octanol–water partition coefficient (Wildman–Crippen LogP) is 0.865. The number of hydrogen-bond donors (Lipinski definition) is 1.